The Morgan fingerprint density at radius 2 is 2.13 bits per heavy atom. The molecule has 0 aliphatic heterocycles. The van der Waals surface area contributed by atoms with Crippen LogP contribution in [-0.2, 0) is 0 Å². The molecular weight excluding hydrogens is 206 g/mol. The van der Waals surface area contributed by atoms with Gasteiger partial charge in [0.15, 0.2) is 0 Å². The van der Waals surface area contributed by atoms with E-state index in [1.165, 1.54) is 11.1 Å². The van der Waals surface area contributed by atoms with Crippen LogP contribution in [0.1, 0.15) is 31.4 Å². The standard InChI is InChI=1S/C13H18ClN/c1-10(2)8-9-13(15-3)11-6-4-5-7-12(11)14/h4-7,13,15H,1,8-9H2,2-3H3. The Labute approximate surface area is 97.1 Å². The average molecular weight is 224 g/mol. The highest BCUT2D eigenvalue weighted by Gasteiger charge is 2.11. The molecule has 0 heterocycles. The van der Waals surface area contributed by atoms with Gasteiger partial charge in [-0.1, -0.05) is 35.4 Å². The number of nitrogens with one attached hydrogen (secondary N) is 1. The van der Waals surface area contributed by atoms with Crippen LogP contribution in [0, 0.1) is 0 Å². The first-order chi connectivity index (χ1) is 7.15. The van der Waals surface area contributed by atoms with Crippen LogP contribution in [0.15, 0.2) is 36.4 Å². The van der Waals surface area contributed by atoms with Crippen molar-refractivity contribution in [2.45, 2.75) is 25.8 Å². The third-order valence-corrected chi connectivity index (χ3v) is 2.83. The van der Waals surface area contributed by atoms with Crippen molar-refractivity contribution >= 4 is 11.6 Å². The molecule has 0 saturated heterocycles. The van der Waals surface area contributed by atoms with E-state index in [4.69, 9.17) is 11.6 Å². The number of halogens is 1. The topological polar surface area (TPSA) is 12.0 Å². The Bertz CT molecular complexity index is 333. The summed E-state index contributed by atoms with van der Waals surface area (Å²) in [5.41, 5.74) is 2.38. The smallest absolute Gasteiger partial charge is 0.0453 e. The number of benzene rings is 1. The Hall–Kier alpha value is -0.790. The van der Waals surface area contributed by atoms with Gasteiger partial charge in [0.2, 0.25) is 0 Å². The third kappa shape index (κ3) is 3.69. The normalized spacial score (nSPS) is 12.5. The van der Waals surface area contributed by atoms with E-state index >= 15 is 0 Å². The summed E-state index contributed by atoms with van der Waals surface area (Å²) in [6, 6.07) is 8.29. The van der Waals surface area contributed by atoms with Crippen LogP contribution in [-0.4, -0.2) is 7.05 Å². The summed E-state index contributed by atoms with van der Waals surface area (Å²) in [4.78, 5) is 0. The molecule has 0 aliphatic carbocycles. The molecule has 0 spiro atoms. The zero-order valence-corrected chi connectivity index (χ0v) is 10.1. The summed E-state index contributed by atoms with van der Waals surface area (Å²) >= 11 is 6.15. The molecule has 1 N–H and O–H groups in total. The number of rotatable bonds is 5. The average Bonchev–Trinajstić information content (AvgIpc) is 2.21. The first-order valence-electron chi connectivity index (χ1n) is 5.21. The molecule has 0 fully saturated rings. The van der Waals surface area contributed by atoms with Crippen LogP contribution >= 0.6 is 11.6 Å². The van der Waals surface area contributed by atoms with Crippen molar-refractivity contribution in [3.05, 3.63) is 47.0 Å². The molecule has 1 atom stereocenters. The van der Waals surface area contributed by atoms with E-state index in [9.17, 15) is 0 Å². The second kappa shape index (κ2) is 5.94. The van der Waals surface area contributed by atoms with E-state index in [2.05, 4.69) is 24.9 Å². The molecule has 0 amide bonds. The van der Waals surface area contributed by atoms with Crippen molar-refractivity contribution in [1.29, 1.82) is 0 Å². The van der Waals surface area contributed by atoms with E-state index in [0.29, 0.717) is 6.04 Å². The lowest BCUT2D eigenvalue weighted by Crippen LogP contribution is -2.16. The zero-order chi connectivity index (χ0) is 11.3. The fourth-order valence-electron chi connectivity index (χ4n) is 1.60. The highest BCUT2D eigenvalue weighted by molar-refractivity contribution is 6.31. The Balaban J connectivity index is 2.74. The molecule has 15 heavy (non-hydrogen) atoms. The highest BCUT2D eigenvalue weighted by Crippen LogP contribution is 2.26. The quantitative estimate of drug-likeness (QED) is 0.746. The highest BCUT2D eigenvalue weighted by atomic mass is 35.5. The zero-order valence-electron chi connectivity index (χ0n) is 9.39. The lowest BCUT2D eigenvalue weighted by atomic mass is 10.00. The first kappa shape index (κ1) is 12.3. The summed E-state index contributed by atoms with van der Waals surface area (Å²) in [7, 11) is 1.96. The summed E-state index contributed by atoms with van der Waals surface area (Å²) in [6.07, 6.45) is 2.06. The van der Waals surface area contributed by atoms with Gasteiger partial charge in [0.25, 0.3) is 0 Å². The Morgan fingerprint density at radius 1 is 1.47 bits per heavy atom. The van der Waals surface area contributed by atoms with E-state index in [-0.39, 0.29) is 0 Å². The molecule has 1 aromatic rings. The number of hydrogen-bond donors (Lipinski definition) is 1. The predicted octanol–water partition coefficient (Wildman–Crippen LogP) is 3.96. The fraction of sp³-hybridized carbons (Fsp3) is 0.385. The number of hydrogen-bond acceptors (Lipinski definition) is 1. The molecule has 0 aliphatic rings. The van der Waals surface area contributed by atoms with Gasteiger partial charge in [0.1, 0.15) is 0 Å². The Kier molecular flexibility index (Phi) is 4.86. The van der Waals surface area contributed by atoms with Crippen molar-refractivity contribution in [2.75, 3.05) is 7.05 Å². The molecule has 1 aromatic carbocycles. The van der Waals surface area contributed by atoms with Crippen molar-refractivity contribution in [2.24, 2.45) is 0 Å². The summed E-state index contributed by atoms with van der Waals surface area (Å²) < 4.78 is 0. The molecular formula is C13H18ClN. The minimum Gasteiger partial charge on any atom is -0.313 e. The van der Waals surface area contributed by atoms with Gasteiger partial charge in [-0.3, -0.25) is 0 Å². The van der Waals surface area contributed by atoms with Gasteiger partial charge < -0.3 is 5.32 Å². The SMILES string of the molecule is C=C(C)CCC(NC)c1ccccc1Cl. The minimum atomic E-state index is 0.315. The van der Waals surface area contributed by atoms with E-state index in [1.54, 1.807) is 0 Å². The lowest BCUT2D eigenvalue weighted by Gasteiger charge is -2.17. The molecule has 1 rings (SSSR count). The van der Waals surface area contributed by atoms with Crippen LogP contribution in [0.4, 0.5) is 0 Å². The van der Waals surface area contributed by atoms with Gasteiger partial charge in [-0.05, 0) is 38.4 Å². The fourth-order valence-corrected chi connectivity index (χ4v) is 1.87. The van der Waals surface area contributed by atoms with E-state index in [0.717, 1.165) is 17.9 Å². The predicted molar refractivity (Wildman–Crippen MR) is 67.3 cm³/mol. The van der Waals surface area contributed by atoms with E-state index in [1.807, 2.05) is 25.2 Å². The summed E-state index contributed by atoms with van der Waals surface area (Å²) in [6.45, 7) is 5.97. The number of allylic oxidation sites excluding steroid dienone is 1. The molecule has 0 aromatic heterocycles. The summed E-state index contributed by atoms with van der Waals surface area (Å²) in [5.74, 6) is 0. The maximum absolute atomic E-state index is 6.15. The van der Waals surface area contributed by atoms with E-state index < -0.39 is 0 Å². The monoisotopic (exact) mass is 223 g/mol. The van der Waals surface area contributed by atoms with Gasteiger partial charge >= 0.3 is 0 Å². The van der Waals surface area contributed by atoms with Crippen molar-refractivity contribution in [1.82, 2.24) is 5.32 Å². The van der Waals surface area contributed by atoms with Crippen molar-refractivity contribution in [3.63, 3.8) is 0 Å². The van der Waals surface area contributed by atoms with Crippen LogP contribution in [0.5, 0.6) is 0 Å². The molecule has 0 radical (unpaired) electrons. The second-order valence-electron chi connectivity index (χ2n) is 3.86. The van der Waals surface area contributed by atoms with Crippen LogP contribution in [0.3, 0.4) is 0 Å². The Morgan fingerprint density at radius 3 is 2.67 bits per heavy atom. The van der Waals surface area contributed by atoms with Crippen LogP contribution in [0.25, 0.3) is 0 Å². The van der Waals surface area contributed by atoms with Gasteiger partial charge in [-0.2, -0.15) is 0 Å². The second-order valence-corrected chi connectivity index (χ2v) is 4.27. The largest absolute Gasteiger partial charge is 0.313 e. The molecule has 82 valence electrons. The van der Waals surface area contributed by atoms with Gasteiger partial charge in [0, 0.05) is 11.1 Å². The maximum Gasteiger partial charge on any atom is 0.0453 e. The third-order valence-electron chi connectivity index (χ3n) is 2.49. The van der Waals surface area contributed by atoms with Gasteiger partial charge in [0.05, 0.1) is 0 Å². The van der Waals surface area contributed by atoms with Gasteiger partial charge in [-0.25, -0.2) is 0 Å². The minimum absolute atomic E-state index is 0.315. The first-order valence-corrected chi connectivity index (χ1v) is 5.59. The lowest BCUT2D eigenvalue weighted by molar-refractivity contribution is 0.548. The molecule has 2 heteroatoms. The molecule has 0 bridgehead atoms. The molecule has 1 nitrogen and oxygen atoms in total. The van der Waals surface area contributed by atoms with Crippen molar-refractivity contribution < 1.29 is 0 Å². The maximum atomic E-state index is 6.15. The van der Waals surface area contributed by atoms with Gasteiger partial charge in [-0.15, -0.1) is 6.58 Å². The molecule has 0 saturated carbocycles. The van der Waals surface area contributed by atoms with Crippen LogP contribution in [0.2, 0.25) is 5.02 Å². The molecule has 1 unspecified atom stereocenters. The summed E-state index contributed by atoms with van der Waals surface area (Å²) in [5, 5.41) is 4.12. The van der Waals surface area contributed by atoms with Crippen LogP contribution < -0.4 is 5.32 Å². The van der Waals surface area contributed by atoms with Crippen molar-refractivity contribution in [3.8, 4) is 0 Å².